The van der Waals surface area contributed by atoms with Crippen LogP contribution in [0.4, 0.5) is 0 Å². The fourth-order valence-corrected chi connectivity index (χ4v) is 1.21. The van der Waals surface area contributed by atoms with E-state index >= 15 is 0 Å². The van der Waals surface area contributed by atoms with Crippen LogP contribution in [0.15, 0.2) is 15.8 Å². The third-order valence-electron chi connectivity index (χ3n) is 2.02. The van der Waals surface area contributed by atoms with Crippen LogP contribution in [0.2, 0.25) is 0 Å². The second-order valence-electron chi connectivity index (χ2n) is 3.04. The summed E-state index contributed by atoms with van der Waals surface area (Å²) in [6.45, 7) is 2.32. The van der Waals surface area contributed by atoms with Crippen molar-refractivity contribution in [2.45, 2.75) is 26.3 Å². The monoisotopic (exact) mass is 198 g/mol. The minimum atomic E-state index is -0.416. The lowest BCUT2D eigenvalue weighted by Crippen LogP contribution is -2.31. The number of aryl methyl sites for hydroxylation is 2. The molecule has 0 amide bonds. The van der Waals surface area contributed by atoms with Crippen molar-refractivity contribution in [1.29, 1.82) is 0 Å². The van der Waals surface area contributed by atoms with E-state index in [0.717, 1.165) is 0 Å². The number of H-pyrrole nitrogens is 1. The van der Waals surface area contributed by atoms with E-state index in [9.17, 15) is 9.59 Å². The van der Waals surface area contributed by atoms with Crippen molar-refractivity contribution in [3.05, 3.63) is 32.6 Å². The molecule has 0 aliphatic rings. The molecule has 14 heavy (non-hydrogen) atoms. The summed E-state index contributed by atoms with van der Waals surface area (Å²) in [5, 5.41) is 8.61. The van der Waals surface area contributed by atoms with E-state index in [0.29, 0.717) is 24.9 Å². The second kappa shape index (κ2) is 4.76. The zero-order chi connectivity index (χ0) is 10.6. The van der Waals surface area contributed by atoms with Gasteiger partial charge in [0.2, 0.25) is 0 Å². The average molecular weight is 198 g/mol. The molecule has 0 spiro atoms. The molecule has 0 aliphatic carbocycles. The summed E-state index contributed by atoms with van der Waals surface area (Å²) in [5.74, 6) is 0. The lowest BCUT2D eigenvalue weighted by Gasteiger charge is -2.04. The first-order valence-corrected chi connectivity index (χ1v) is 4.62. The van der Waals surface area contributed by atoms with Crippen molar-refractivity contribution in [2.75, 3.05) is 6.61 Å². The molecule has 2 N–H and O–H groups in total. The molecule has 78 valence electrons. The van der Waals surface area contributed by atoms with E-state index in [-0.39, 0.29) is 12.2 Å². The van der Waals surface area contributed by atoms with Crippen LogP contribution in [-0.4, -0.2) is 21.3 Å². The maximum absolute atomic E-state index is 11.2. The SMILES string of the molecule is CCc1cn(CCCO)c(=O)[nH]c1=O. The van der Waals surface area contributed by atoms with Crippen molar-refractivity contribution < 1.29 is 5.11 Å². The van der Waals surface area contributed by atoms with Gasteiger partial charge >= 0.3 is 5.69 Å². The molecule has 5 heteroatoms. The highest BCUT2D eigenvalue weighted by atomic mass is 16.3. The van der Waals surface area contributed by atoms with Gasteiger partial charge in [-0.3, -0.25) is 9.78 Å². The van der Waals surface area contributed by atoms with Gasteiger partial charge in [0.15, 0.2) is 0 Å². The Balaban J connectivity index is 3.05. The van der Waals surface area contributed by atoms with Crippen LogP contribution < -0.4 is 11.2 Å². The molecule has 0 saturated heterocycles. The molecule has 1 aromatic heterocycles. The summed E-state index contributed by atoms with van der Waals surface area (Å²) in [4.78, 5) is 24.7. The van der Waals surface area contributed by atoms with Crippen LogP contribution in [0.1, 0.15) is 18.9 Å². The maximum Gasteiger partial charge on any atom is 0.328 e. The summed E-state index contributed by atoms with van der Waals surface area (Å²) in [7, 11) is 0. The van der Waals surface area contributed by atoms with Gasteiger partial charge in [-0.05, 0) is 12.8 Å². The summed E-state index contributed by atoms with van der Waals surface area (Å²) in [5.41, 5.74) is -0.152. The largest absolute Gasteiger partial charge is 0.396 e. The zero-order valence-electron chi connectivity index (χ0n) is 8.12. The van der Waals surface area contributed by atoms with Crippen LogP contribution in [0, 0.1) is 0 Å². The molecule has 0 bridgehead atoms. The van der Waals surface area contributed by atoms with Gasteiger partial charge in [-0.15, -0.1) is 0 Å². The summed E-state index contributed by atoms with van der Waals surface area (Å²) < 4.78 is 1.41. The fraction of sp³-hybridized carbons (Fsp3) is 0.556. The van der Waals surface area contributed by atoms with E-state index in [4.69, 9.17) is 5.11 Å². The Kier molecular flexibility index (Phi) is 3.64. The number of aromatic amines is 1. The van der Waals surface area contributed by atoms with Crippen LogP contribution >= 0.6 is 0 Å². The molecule has 0 fully saturated rings. The van der Waals surface area contributed by atoms with Crippen LogP contribution in [0.3, 0.4) is 0 Å². The molecule has 0 radical (unpaired) electrons. The Hall–Kier alpha value is -1.36. The van der Waals surface area contributed by atoms with Crippen LogP contribution in [0.25, 0.3) is 0 Å². The van der Waals surface area contributed by atoms with Gasteiger partial charge in [0.1, 0.15) is 0 Å². The lowest BCUT2D eigenvalue weighted by molar-refractivity contribution is 0.278. The fourth-order valence-electron chi connectivity index (χ4n) is 1.21. The molecular formula is C9H14N2O3. The Labute approximate surface area is 81.0 Å². The molecule has 0 aliphatic heterocycles. The van der Waals surface area contributed by atoms with Gasteiger partial charge in [0, 0.05) is 24.9 Å². The molecular weight excluding hydrogens is 184 g/mol. The van der Waals surface area contributed by atoms with E-state index in [1.54, 1.807) is 6.20 Å². The van der Waals surface area contributed by atoms with E-state index in [2.05, 4.69) is 4.98 Å². The minimum Gasteiger partial charge on any atom is -0.396 e. The predicted molar refractivity (Wildman–Crippen MR) is 52.4 cm³/mol. The molecule has 1 rings (SSSR count). The minimum absolute atomic E-state index is 0.0347. The second-order valence-corrected chi connectivity index (χ2v) is 3.04. The molecule has 1 aromatic rings. The number of hydrogen-bond donors (Lipinski definition) is 2. The number of rotatable bonds is 4. The molecule has 1 heterocycles. The van der Waals surface area contributed by atoms with Crippen molar-refractivity contribution >= 4 is 0 Å². The first-order valence-electron chi connectivity index (χ1n) is 4.62. The summed E-state index contributed by atoms with van der Waals surface area (Å²) >= 11 is 0. The highest BCUT2D eigenvalue weighted by Crippen LogP contribution is 1.90. The third-order valence-corrected chi connectivity index (χ3v) is 2.02. The Morgan fingerprint density at radius 3 is 2.79 bits per heavy atom. The predicted octanol–water partition coefficient (Wildman–Crippen LogP) is -0.519. The zero-order valence-corrected chi connectivity index (χ0v) is 8.12. The summed E-state index contributed by atoms with van der Waals surface area (Å²) in [6.07, 6.45) is 2.65. The topological polar surface area (TPSA) is 75.1 Å². The number of nitrogens with one attached hydrogen (secondary N) is 1. The molecule has 5 nitrogen and oxygen atoms in total. The van der Waals surface area contributed by atoms with E-state index < -0.39 is 5.69 Å². The van der Waals surface area contributed by atoms with E-state index in [1.165, 1.54) is 4.57 Å². The van der Waals surface area contributed by atoms with Gasteiger partial charge in [0.25, 0.3) is 5.56 Å². The Morgan fingerprint density at radius 1 is 1.50 bits per heavy atom. The third kappa shape index (κ3) is 2.32. The Bertz CT molecular complexity index is 405. The first kappa shape index (κ1) is 10.7. The van der Waals surface area contributed by atoms with Crippen molar-refractivity contribution in [3.63, 3.8) is 0 Å². The van der Waals surface area contributed by atoms with Gasteiger partial charge in [-0.25, -0.2) is 4.79 Å². The average Bonchev–Trinajstić information content (AvgIpc) is 2.17. The van der Waals surface area contributed by atoms with Crippen molar-refractivity contribution in [2.24, 2.45) is 0 Å². The number of aliphatic hydroxyl groups is 1. The first-order chi connectivity index (χ1) is 6.69. The molecule has 0 atom stereocenters. The lowest BCUT2D eigenvalue weighted by atomic mass is 10.2. The van der Waals surface area contributed by atoms with Gasteiger partial charge < -0.3 is 9.67 Å². The van der Waals surface area contributed by atoms with Crippen molar-refractivity contribution in [1.82, 2.24) is 9.55 Å². The highest BCUT2D eigenvalue weighted by Gasteiger charge is 2.01. The Morgan fingerprint density at radius 2 is 2.21 bits per heavy atom. The molecule has 0 unspecified atom stereocenters. The quantitative estimate of drug-likeness (QED) is 0.683. The standard InChI is InChI=1S/C9H14N2O3/c1-2-7-6-11(4-3-5-12)9(14)10-8(7)13/h6,12H,2-5H2,1H3,(H,10,13,14). The number of aromatic nitrogens is 2. The van der Waals surface area contributed by atoms with Crippen molar-refractivity contribution in [3.8, 4) is 0 Å². The van der Waals surface area contributed by atoms with Gasteiger partial charge in [-0.1, -0.05) is 6.92 Å². The highest BCUT2D eigenvalue weighted by molar-refractivity contribution is 5.03. The maximum atomic E-state index is 11.2. The van der Waals surface area contributed by atoms with Crippen LogP contribution in [0.5, 0.6) is 0 Å². The van der Waals surface area contributed by atoms with Gasteiger partial charge in [0.05, 0.1) is 0 Å². The van der Waals surface area contributed by atoms with Crippen LogP contribution in [-0.2, 0) is 13.0 Å². The number of hydrogen-bond acceptors (Lipinski definition) is 3. The number of aliphatic hydroxyl groups excluding tert-OH is 1. The number of nitrogens with zero attached hydrogens (tertiary/aromatic N) is 1. The van der Waals surface area contributed by atoms with E-state index in [1.807, 2.05) is 6.92 Å². The smallest absolute Gasteiger partial charge is 0.328 e. The molecule has 0 saturated carbocycles. The normalized spacial score (nSPS) is 10.4. The molecule has 0 aromatic carbocycles. The summed E-state index contributed by atoms with van der Waals surface area (Å²) in [6, 6.07) is 0. The van der Waals surface area contributed by atoms with Gasteiger partial charge in [-0.2, -0.15) is 0 Å².